The van der Waals surface area contributed by atoms with Gasteiger partial charge in [0.1, 0.15) is 5.76 Å². The smallest absolute Gasteiger partial charge is 0.120 e. The number of hydrogen-bond donors (Lipinski definition) is 1. The van der Waals surface area contributed by atoms with E-state index in [-0.39, 0.29) is 0 Å². The molecule has 1 aromatic heterocycles. The molecule has 0 bridgehead atoms. The third kappa shape index (κ3) is 3.36. The number of nitrogens with zero attached hydrogens (tertiary/aromatic N) is 1. The van der Waals surface area contributed by atoms with Crippen LogP contribution in [-0.2, 0) is 0 Å². The quantitative estimate of drug-likeness (QED) is 0.815. The highest BCUT2D eigenvalue weighted by Crippen LogP contribution is 2.23. The first-order chi connectivity index (χ1) is 7.38. The zero-order valence-corrected chi connectivity index (χ0v) is 9.78. The van der Waals surface area contributed by atoms with Gasteiger partial charge in [-0.1, -0.05) is 6.42 Å². The van der Waals surface area contributed by atoms with Crippen LogP contribution in [0.4, 0.5) is 0 Å². The first kappa shape index (κ1) is 12.3. The van der Waals surface area contributed by atoms with E-state index in [1.807, 2.05) is 6.07 Å². The van der Waals surface area contributed by atoms with Crippen molar-refractivity contribution in [3.63, 3.8) is 0 Å². The second kappa shape index (κ2) is 6.64. The summed E-state index contributed by atoms with van der Waals surface area (Å²) >= 11 is 0. The predicted molar refractivity (Wildman–Crippen MR) is 62.7 cm³/mol. The van der Waals surface area contributed by atoms with Crippen molar-refractivity contribution in [2.75, 3.05) is 20.1 Å². The van der Waals surface area contributed by atoms with Crippen molar-refractivity contribution < 1.29 is 4.42 Å². The molecule has 3 heteroatoms. The van der Waals surface area contributed by atoms with Crippen molar-refractivity contribution in [3.05, 3.63) is 24.2 Å². The highest BCUT2D eigenvalue weighted by atomic mass is 16.3. The Morgan fingerprint density at radius 1 is 1.27 bits per heavy atom. The second-order valence-corrected chi connectivity index (χ2v) is 3.79. The van der Waals surface area contributed by atoms with Gasteiger partial charge in [-0.2, -0.15) is 0 Å². The predicted octanol–water partition coefficient (Wildman–Crippen LogP) is 2.40. The van der Waals surface area contributed by atoms with E-state index in [0.29, 0.717) is 6.04 Å². The van der Waals surface area contributed by atoms with Crippen LogP contribution in [-0.4, -0.2) is 25.0 Å². The van der Waals surface area contributed by atoms with Crippen LogP contribution < -0.4 is 5.73 Å². The Hall–Kier alpha value is -0.800. The van der Waals surface area contributed by atoms with E-state index < -0.39 is 0 Å². The molecular weight excluding hydrogens is 188 g/mol. The molecule has 2 N–H and O–H groups in total. The van der Waals surface area contributed by atoms with E-state index in [1.165, 1.54) is 39.4 Å². The van der Waals surface area contributed by atoms with E-state index in [4.69, 9.17) is 4.42 Å². The molecule has 0 amide bonds. The van der Waals surface area contributed by atoms with Crippen LogP contribution in [0.15, 0.2) is 22.8 Å². The molecule has 1 unspecified atom stereocenters. The molecule has 15 heavy (non-hydrogen) atoms. The van der Waals surface area contributed by atoms with Gasteiger partial charge >= 0.3 is 0 Å². The number of rotatable bonds is 2. The van der Waals surface area contributed by atoms with Gasteiger partial charge in [-0.3, -0.25) is 4.90 Å². The fraction of sp³-hybridized carbons (Fsp3) is 0.667. The second-order valence-electron chi connectivity index (χ2n) is 3.79. The van der Waals surface area contributed by atoms with Gasteiger partial charge < -0.3 is 10.2 Å². The van der Waals surface area contributed by atoms with Gasteiger partial charge in [0.05, 0.1) is 12.3 Å². The summed E-state index contributed by atoms with van der Waals surface area (Å²) in [6.07, 6.45) is 5.83. The average Bonchev–Trinajstić information content (AvgIpc) is 2.85. The largest absolute Gasteiger partial charge is 0.468 e. The summed E-state index contributed by atoms with van der Waals surface area (Å²) in [6, 6.07) is 4.49. The molecule has 0 radical (unpaired) electrons. The summed E-state index contributed by atoms with van der Waals surface area (Å²) in [5, 5.41) is 0. The Bertz CT molecular complexity index is 240. The van der Waals surface area contributed by atoms with Gasteiger partial charge in [-0.25, -0.2) is 0 Å². The Balaban J connectivity index is 0.000000531. The molecule has 1 aliphatic rings. The third-order valence-corrected chi connectivity index (χ3v) is 2.89. The van der Waals surface area contributed by atoms with E-state index in [0.717, 1.165) is 5.76 Å². The number of nitrogens with two attached hydrogens (primary N) is 1. The fourth-order valence-electron chi connectivity index (χ4n) is 2.01. The van der Waals surface area contributed by atoms with Crippen LogP contribution in [0.3, 0.4) is 0 Å². The maximum Gasteiger partial charge on any atom is 0.120 e. The molecule has 2 rings (SSSR count). The monoisotopic (exact) mass is 210 g/mol. The zero-order valence-electron chi connectivity index (χ0n) is 9.78. The van der Waals surface area contributed by atoms with E-state index in [1.54, 1.807) is 6.26 Å². The summed E-state index contributed by atoms with van der Waals surface area (Å²) in [5.74, 6) is 1.10. The molecule has 1 aliphatic heterocycles. The zero-order chi connectivity index (χ0) is 11.1. The minimum Gasteiger partial charge on any atom is -0.468 e. The van der Waals surface area contributed by atoms with Gasteiger partial charge in [-0.15, -0.1) is 0 Å². The Morgan fingerprint density at radius 3 is 2.47 bits per heavy atom. The molecule has 86 valence electrons. The highest BCUT2D eigenvalue weighted by molar-refractivity contribution is 5.03. The van der Waals surface area contributed by atoms with Crippen molar-refractivity contribution in [1.82, 2.24) is 4.90 Å². The molecule has 1 saturated heterocycles. The highest BCUT2D eigenvalue weighted by Gasteiger charge is 2.19. The van der Waals surface area contributed by atoms with Crippen LogP contribution in [0, 0.1) is 0 Å². The van der Waals surface area contributed by atoms with Crippen molar-refractivity contribution in [3.8, 4) is 0 Å². The summed E-state index contributed by atoms with van der Waals surface area (Å²) in [7, 11) is 1.50. The lowest BCUT2D eigenvalue weighted by molar-refractivity contribution is 0.157. The minimum atomic E-state index is 0.454. The van der Waals surface area contributed by atoms with E-state index in [9.17, 15) is 0 Å². The topological polar surface area (TPSA) is 42.4 Å². The first-order valence-electron chi connectivity index (χ1n) is 5.73. The van der Waals surface area contributed by atoms with Gasteiger partial charge in [0.2, 0.25) is 0 Å². The van der Waals surface area contributed by atoms with Crippen LogP contribution in [0.2, 0.25) is 0 Å². The normalized spacial score (nSPS) is 19.1. The summed E-state index contributed by atoms with van der Waals surface area (Å²) in [6.45, 7) is 4.67. The SMILES string of the molecule is CC(c1ccco1)N1CCCCC1.CN. The number of hydrogen-bond acceptors (Lipinski definition) is 3. The Morgan fingerprint density at radius 2 is 1.93 bits per heavy atom. The lowest BCUT2D eigenvalue weighted by Gasteiger charge is -2.30. The lowest BCUT2D eigenvalue weighted by atomic mass is 10.1. The maximum absolute atomic E-state index is 5.41. The van der Waals surface area contributed by atoms with Gasteiger partial charge in [0.25, 0.3) is 0 Å². The molecule has 0 spiro atoms. The first-order valence-corrected chi connectivity index (χ1v) is 5.73. The molecule has 1 aromatic rings. The molecule has 2 heterocycles. The molecular formula is C12H22N2O. The maximum atomic E-state index is 5.41. The number of piperidine rings is 1. The standard InChI is InChI=1S/C11H17NO.CH5N/c1-10(11-6-5-9-13-11)12-7-3-2-4-8-12;1-2/h5-6,9-10H,2-4,7-8H2,1H3;2H2,1H3. The van der Waals surface area contributed by atoms with Crippen LogP contribution in [0.1, 0.15) is 38.0 Å². The fourth-order valence-corrected chi connectivity index (χ4v) is 2.01. The van der Waals surface area contributed by atoms with Crippen molar-refractivity contribution in [2.45, 2.75) is 32.2 Å². The number of furan rings is 1. The van der Waals surface area contributed by atoms with Crippen LogP contribution in [0.5, 0.6) is 0 Å². The van der Waals surface area contributed by atoms with Gasteiger partial charge in [0, 0.05) is 0 Å². The Labute approximate surface area is 92.2 Å². The van der Waals surface area contributed by atoms with E-state index >= 15 is 0 Å². The van der Waals surface area contributed by atoms with Crippen LogP contribution in [0.25, 0.3) is 0 Å². The van der Waals surface area contributed by atoms with Gasteiger partial charge in [0.15, 0.2) is 0 Å². The van der Waals surface area contributed by atoms with Gasteiger partial charge in [-0.05, 0) is 52.0 Å². The van der Waals surface area contributed by atoms with Crippen molar-refractivity contribution >= 4 is 0 Å². The Kier molecular flexibility index (Phi) is 5.43. The molecule has 0 aromatic carbocycles. The lowest BCUT2D eigenvalue weighted by Crippen LogP contribution is -2.32. The summed E-state index contributed by atoms with van der Waals surface area (Å²) in [5.41, 5.74) is 4.50. The summed E-state index contributed by atoms with van der Waals surface area (Å²) in [4.78, 5) is 2.50. The molecule has 3 nitrogen and oxygen atoms in total. The van der Waals surface area contributed by atoms with Crippen LogP contribution >= 0.6 is 0 Å². The molecule has 1 fully saturated rings. The molecule has 1 atom stereocenters. The van der Waals surface area contributed by atoms with Crippen molar-refractivity contribution in [2.24, 2.45) is 5.73 Å². The van der Waals surface area contributed by atoms with Crippen molar-refractivity contribution in [1.29, 1.82) is 0 Å². The molecule has 0 saturated carbocycles. The summed E-state index contributed by atoms with van der Waals surface area (Å²) < 4.78 is 5.41. The minimum absolute atomic E-state index is 0.454. The molecule has 0 aliphatic carbocycles. The van der Waals surface area contributed by atoms with E-state index in [2.05, 4.69) is 23.6 Å². The number of likely N-dealkylation sites (tertiary alicyclic amines) is 1. The average molecular weight is 210 g/mol. The third-order valence-electron chi connectivity index (χ3n) is 2.89.